The van der Waals surface area contributed by atoms with Crippen LogP contribution in [-0.4, -0.2) is 35.7 Å². The Morgan fingerprint density at radius 2 is 2.00 bits per heavy atom. The number of aromatic nitrogens is 1. The van der Waals surface area contributed by atoms with E-state index in [0.29, 0.717) is 0 Å². The summed E-state index contributed by atoms with van der Waals surface area (Å²) < 4.78 is 10.7. The summed E-state index contributed by atoms with van der Waals surface area (Å²) in [5, 5.41) is 13.2. The van der Waals surface area contributed by atoms with Crippen LogP contribution in [-0.2, 0) is 4.79 Å². The minimum absolute atomic E-state index is 0.0719. The van der Waals surface area contributed by atoms with Crippen LogP contribution < -0.4 is 14.8 Å². The van der Waals surface area contributed by atoms with Gasteiger partial charge in [-0.2, -0.15) is 0 Å². The predicted octanol–water partition coefficient (Wildman–Crippen LogP) is 3.53. The summed E-state index contributed by atoms with van der Waals surface area (Å²) in [4.78, 5) is 27.3. The Bertz CT molecular complexity index is 953. The maximum atomic E-state index is 12.0. The van der Waals surface area contributed by atoms with Crippen molar-refractivity contribution in [2.45, 2.75) is 0 Å². The Morgan fingerprint density at radius 3 is 2.70 bits per heavy atom. The molecule has 2 heterocycles. The number of thiophene rings is 1. The highest BCUT2D eigenvalue weighted by Crippen LogP contribution is 2.29. The minimum Gasteiger partial charge on any atom is -0.496 e. The smallest absolute Gasteiger partial charge is 0.348 e. The van der Waals surface area contributed by atoms with Crippen molar-refractivity contribution in [3.05, 3.63) is 58.9 Å². The lowest BCUT2D eigenvalue weighted by Crippen LogP contribution is -2.21. The molecule has 2 aromatic heterocycles. The van der Waals surface area contributed by atoms with E-state index in [9.17, 15) is 9.59 Å². The van der Waals surface area contributed by atoms with Crippen LogP contribution in [0, 0.1) is 0 Å². The van der Waals surface area contributed by atoms with Crippen molar-refractivity contribution in [1.29, 1.82) is 0 Å². The van der Waals surface area contributed by atoms with Crippen molar-refractivity contribution in [2.24, 2.45) is 0 Å². The van der Waals surface area contributed by atoms with E-state index in [-0.39, 0.29) is 23.1 Å². The van der Waals surface area contributed by atoms with Crippen molar-refractivity contribution < 1.29 is 24.2 Å². The fraction of sp³-hybridized carbons (Fsp3) is 0.105. The van der Waals surface area contributed by atoms with E-state index in [4.69, 9.17) is 14.6 Å². The molecule has 1 aromatic carbocycles. The van der Waals surface area contributed by atoms with Gasteiger partial charge in [0, 0.05) is 23.4 Å². The van der Waals surface area contributed by atoms with Crippen LogP contribution in [0.5, 0.6) is 11.6 Å². The van der Waals surface area contributed by atoms with Crippen LogP contribution >= 0.6 is 11.3 Å². The summed E-state index contributed by atoms with van der Waals surface area (Å²) in [6.45, 7) is -0.282. The van der Waals surface area contributed by atoms with Gasteiger partial charge in [-0.25, -0.2) is 9.78 Å². The number of anilines is 1. The van der Waals surface area contributed by atoms with Gasteiger partial charge in [-0.1, -0.05) is 18.2 Å². The zero-order chi connectivity index (χ0) is 19.2. The number of nitrogens with one attached hydrogen (secondary N) is 1. The molecule has 0 saturated carbocycles. The lowest BCUT2D eigenvalue weighted by atomic mass is 10.1. The van der Waals surface area contributed by atoms with Crippen molar-refractivity contribution in [3.63, 3.8) is 0 Å². The number of hydrogen-bond acceptors (Lipinski definition) is 6. The number of carbonyl (C=O) groups is 2. The number of ether oxygens (including phenoxy) is 2. The summed E-state index contributed by atoms with van der Waals surface area (Å²) in [5.41, 5.74) is 2.00. The second-order valence-corrected chi connectivity index (χ2v) is 6.31. The number of nitrogens with zero attached hydrogens (tertiary/aromatic N) is 1. The molecule has 0 aliphatic heterocycles. The van der Waals surface area contributed by atoms with Gasteiger partial charge in [0.2, 0.25) is 5.88 Å². The van der Waals surface area contributed by atoms with Gasteiger partial charge in [-0.3, -0.25) is 4.79 Å². The van der Waals surface area contributed by atoms with E-state index >= 15 is 0 Å². The molecule has 0 saturated heterocycles. The molecule has 1 amide bonds. The van der Waals surface area contributed by atoms with E-state index in [0.717, 1.165) is 28.2 Å². The Balaban J connectivity index is 1.61. The summed E-state index contributed by atoms with van der Waals surface area (Å²) >= 11 is 1.04. The lowest BCUT2D eigenvalue weighted by Gasteiger charge is -2.09. The molecule has 7 nitrogen and oxygen atoms in total. The first-order valence-corrected chi connectivity index (χ1v) is 8.79. The third-order valence-corrected chi connectivity index (χ3v) is 4.54. The van der Waals surface area contributed by atoms with E-state index in [1.54, 1.807) is 24.8 Å². The number of carboxylic acids is 1. The topological polar surface area (TPSA) is 97.8 Å². The molecule has 0 aliphatic rings. The maximum Gasteiger partial charge on any atom is 0.348 e. The maximum absolute atomic E-state index is 12.0. The van der Waals surface area contributed by atoms with Crippen molar-refractivity contribution in [1.82, 2.24) is 4.98 Å². The van der Waals surface area contributed by atoms with Crippen LogP contribution in [0.2, 0.25) is 0 Å². The number of methoxy groups -OCH3 is 1. The quantitative estimate of drug-likeness (QED) is 0.647. The first-order valence-electron chi connectivity index (χ1n) is 7.91. The average Bonchev–Trinajstić information content (AvgIpc) is 3.15. The monoisotopic (exact) mass is 384 g/mol. The minimum atomic E-state index is -1.09. The standard InChI is InChI=1S/C19H16N2O5S/c1-25-15-5-3-2-4-13(15)12-6-7-17(20-10-12)26-11-16(22)21-14-8-9-27-18(14)19(23)24/h2-10H,11H2,1H3,(H,21,22)(H,23,24). The second-order valence-electron chi connectivity index (χ2n) is 5.39. The Labute approximate surface area is 159 Å². The van der Waals surface area contributed by atoms with Gasteiger partial charge >= 0.3 is 5.97 Å². The number of carbonyl (C=O) groups excluding carboxylic acids is 1. The van der Waals surface area contributed by atoms with E-state index in [2.05, 4.69) is 10.3 Å². The van der Waals surface area contributed by atoms with Crippen molar-refractivity contribution in [2.75, 3.05) is 19.0 Å². The van der Waals surface area contributed by atoms with Gasteiger partial charge in [0.25, 0.3) is 5.91 Å². The number of para-hydroxylation sites is 1. The number of pyridine rings is 1. The second kappa shape index (κ2) is 8.33. The first-order chi connectivity index (χ1) is 13.1. The van der Waals surface area contributed by atoms with Gasteiger partial charge in [0.05, 0.1) is 12.8 Å². The molecule has 0 fully saturated rings. The zero-order valence-electron chi connectivity index (χ0n) is 14.3. The molecule has 27 heavy (non-hydrogen) atoms. The fourth-order valence-corrected chi connectivity index (χ4v) is 3.09. The molecular weight excluding hydrogens is 368 g/mol. The van der Waals surface area contributed by atoms with Gasteiger partial charge in [0.1, 0.15) is 10.6 Å². The zero-order valence-corrected chi connectivity index (χ0v) is 15.2. The van der Waals surface area contributed by atoms with Crippen LogP contribution in [0.15, 0.2) is 54.0 Å². The number of rotatable bonds is 7. The highest BCUT2D eigenvalue weighted by atomic mass is 32.1. The molecule has 0 spiro atoms. The Hall–Kier alpha value is -3.39. The molecular formula is C19H16N2O5S. The highest BCUT2D eigenvalue weighted by molar-refractivity contribution is 7.12. The van der Waals surface area contributed by atoms with Crippen LogP contribution in [0.1, 0.15) is 9.67 Å². The molecule has 138 valence electrons. The number of amides is 1. The van der Waals surface area contributed by atoms with E-state index in [1.165, 1.54) is 6.07 Å². The van der Waals surface area contributed by atoms with Crippen LogP contribution in [0.4, 0.5) is 5.69 Å². The molecule has 0 radical (unpaired) electrons. The van der Waals surface area contributed by atoms with Gasteiger partial charge in [0.15, 0.2) is 6.61 Å². The summed E-state index contributed by atoms with van der Waals surface area (Å²) in [7, 11) is 1.60. The normalized spacial score (nSPS) is 10.3. The number of aromatic carboxylic acids is 1. The SMILES string of the molecule is COc1ccccc1-c1ccc(OCC(=O)Nc2ccsc2C(=O)O)nc1. The Kier molecular flexibility index (Phi) is 5.68. The molecule has 8 heteroatoms. The lowest BCUT2D eigenvalue weighted by molar-refractivity contribution is -0.118. The summed E-state index contributed by atoms with van der Waals surface area (Å²) in [6, 6.07) is 12.6. The Morgan fingerprint density at radius 1 is 1.19 bits per heavy atom. The fourth-order valence-electron chi connectivity index (χ4n) is 2.41. The molecule has 0 aliphatic carbocycles. The van der Waals surface area contributed by atoms with E-state index in [1.807, 2.05) is 30.3 Å². The van der Waals surface area contributed by atoms with Gasteiger partial charge in [-0.15, -0.1) is 11.3 Å². The van der Waals surface area contributed by atoms with Crippen molar-refractivity contribution in [3.8, 4) is 22.8 Å². The molecule has 2 N–H and O–H groups in total. The third-order valence-electron chi connectivity index (χ3n) is 3.64. The van der Waals surface area contributed by atoms with Gasteiger partial charge in [-0.05, 0) is 23.6 Å². The molecule has 0 bridgehead atoms. The summed E-state index contributed by atoms with van der Waals surface area (Å²) in [5.74, 6) is -0.536. The number of hydrogen-bond donors (Lipinski definition) is 2. The van der Waals surface area contributed by atoms with Crippen molar-refractivity contribution >= 4 is 28.9 Å². The van der Waals surface area contributed by atoms with Crippen LogP contribution in [0.25, 0.3) is 11.1 Å². The van der Waals surface area contributed by atoms with Crippen LogP contribution in [0.3, 0.4) is 0 Å². The largest absolute Gasteiger partial charge is 0.496 e. The summed E-state index contributed by atoms with van der Waals surface area (Å²) in [6.07, 6.45) is 1.63. The average molecular weight is 384 g/mol. The molecule has 0 unspecified atom stereocenters. The number of benzene rings is 1. The predicted molar refractivity (Wildman–Crippen MR) is 102 cm³/mol. The number of carboxylic acid groups (broad SMARTS) is 1. The first kappa shape index (κ1) is 18.4. The molecule has 3 aromatic rings. The molecule has 0 atom stereocenters. The molecule has 3 rings (SSSR count). The third kappa shape index (κ3) is 4.42. The highest BCUT2D eigenvalue weighted by Gasteiger charge is 2.14. The van der Waals surface area contributed by atoms with E-state index < -0.39 is 11.9 Å². The van der Waals surface area contributed by atoms with Gasteiger partial charge < -0.3 is 19.9 Å².